The maximum Gasteiger partial charge on any atom is 0.207 e. The van der Waals surface area contributed by atoms with E-state index >= 15 is 0 Å². The Balaban J connectivity index is 1.90. The summed E-state index contributed by atoms with van der Waals surface area (Å²) in [7, 11) is 0. The Morgan fingerprint density at radius 3 is 2.56 bits per heavy atom. The smallest absolute Gasteiger partial charge is 0.207 e. The predicted molar refractivity (Wildman–Crippen MR) is 70.2 cm³/mol. The zero-order chi connectivity index (χ0) is 12.7. The predicted octanol–water partition coefficient (Wildman–Crippen LogP) is 4.41. The molecule has 0 atom stereocenters. The number of imidazole rings is 1. The van der Waals surface area contributed by atoms with Gasteiger partial charge in [-0.3, -0.25) is 0 Å². The Labute approximate surface area is 114 Å². The average molecular weight is 286 g/mol. The van der Waals surface area contributed by atoms with Crippen molar-refractivity contribution in [2.45, 2.75) is 18.9 Å². The van der Waals surface area contributed by atoms with Crippen LogP contribution >= 0.6 is 23.2 Å². The number of rotatable bonds is 3. The molecule has 1 aromatic carbocycles. The lowest BCUT2D eigenvalue weighted by atomic mass is 10.3. The molecule has 1 saturated carbocycles. The van der Waals surface area contributed by atoms with Gasteiger partial charge in [-0.05, 0) is 25.0 Å². The highest BCUT2D eigenvalue weighted by Crippen LogP contribution is 2.37. The molecule has 1 N–H and O–H groups in total. The second-order valence-corrected chi connectivity index (χ2v) is 5.08. The number of anilines is 2. The minimum atomic E-state index is -0.602. The molecule has 1 heterocycles. The van der Waals surface area contributed by atoms with Crippen LogP contribution in [0.25, 0.3) is 0 Å². The van der Waals surface area contributed by atoms with Crippen LogP contribution in [0.1, 0.15) is 18.9 Å². The molecule has 18 heavy (non-hydrogen) atoms. The van der Waals surface area contributed by atoms with Crippen molar-refractivity contribution in [2.24, 2.45) is 0 Å². The molecule has 0 aliphatic heterocycles. The standard InChI is InChI=1S/C12H10Cl2FN3/c13-9-5-7(6-10(14)11(9)15)17-12-16-3-4-18(12)8-1-2-8/h3-6,8H,1-2H2,(H,16,17). The van der Waals surface area contributed by atoms with Crippen LogP contribution in [0.2, 0.25) is 10.0 Å². The SMILES string of the molecule is Fc1c(Cl)cc(Nc2nccn2C2CC2)cc1Cl. The number of nitrogens with zero attached hydrogens (tertiary/aromatic N) is 2. The van der Waals surface area contributed by atoms with Crippen LogP contribution in [0, 0.1) is 5.82 Å². The average Bonchev–Trinajstić information content (AvgIpc) is 3.07. The first-order valence-corrected chi connectivity index (χ1v) is 6.35. The van der Waals surface area contributed by atoms with E-state index in [2.05, 4.69) is 14.9 Å². The minimum absolute atomic E-state index is 0.00507. The third-order valence-electron chi connectivity index (χ3n) is 2.85. The van der Waals surface area contributed by atoms with Gasteiger partial charge in [0, 0.05) is 24.1 Å². The third-order valence-corrected chi connectivity index (χ3v) is 3.40. The van der Waals surface area contributed by atoms with E-state index < -0.39 is 5.82 Å². The number of halogens is 3. The van der Waals surface area contributed by atoms with Crippen LogP contribution in [0.3, 0.4) is 0 Å². The van der Waals surface area contributed by atoms with E-state index in [9.17, 15) is 4.39 Å². The summed E-state index contributed by atoms with van der Waals surface area (Å²) in [5.41, 5.74) is 0.625. The third kappa shape index (κ3) is 2.18. The van der Waals surface area contributed by atoms with Crippen LogP contribution in [-0.4, -0.2) is 9.55 Å². The zero-order valence-electron chi connectivity index (χ0n) is 9.33. The molecule has 94 valence electrons. The van der Waals surface area contributed by atoms with E-state index in [1.165, 1.54) is 12.1 Å². The molecule has 0 radical (unpaired) electrons. The van der Waals surface area contributed by atoms with Gasteiger partial charge in [0.15, 0.2) is 5.82 Å². The molecule has 0 amide bonds. The first-order valence-electron chi connectivity index (χ1n) is 5.59. The van der Waals surface area contributed by atoms with E-state index in [-0.39, 0.29) is 10.0 Å². The van der Waals surface area contributed by atoms with E-state index in [4.69, 9.17) is 23.2 Å². The van der Waals surface area contributed by atoms with Gasteiger partial charge in [0.2, 0.25) is 5.95 Å². The van der Waals surface area contributed by atoms with E-state index in [0.29, 0.717) is 11.7 Å². The summed E-state index contributed by atoms with van der Waals surface area (Å²) in [6, 6.07) is 3.50. The van der Waals surface area contributed by atoms with Crippen molar-refractivity contribution in [3.05, 3.63) is 40.4 Å². The second kappa shape index (κ2) is 4.44. The highest BCUT2D eigenvalue weighted by Gasteiger charge is 2.25. The fourth-order valence-corrected chi connectivity index (χ4v) is 2.30. The number of hydrogen-bond donors (Lipinski definition) is 1. The molecule has 3 rings (SSSR count). The molecule has 1 aliphatic carbocycles. The largest absolute Gasteiger partial charge is 0.326 e. The molecular weight excluding hydrogens is 276 g/mol. The van der Waals surface area contributed by atoms with Gasteiger partial charge in [-0.2, -0.15) is 0 Å². The highest BCUT2D eigenvalue weighted by atomic mass is 35.5. The molecule has 6 heteroatoms. The molecule has 1 aliphatic rings. The summed E-state index contributed by atoms with van der Waals surface area (Å²) >= 11 is 11.5. The molecular formula is C12H10Cl2FN3. The number of hydrogen-bond acceptors (Lipinski definition) is 2. The van der Waals surface area contributed by atoms with Crippen molar-refractivity contribution in [1.82, 2.24) is 9.55 Å². The lowest BCUT2D eigenvalue weighted by Gasteiger charge is -2.10. The number of nitrogens with one attached hydrogen (secondary N) is 1. The monoisotopic (exact) mass is 285 g/mol. The number of benzene rings is 1. The van der Waals surface area contributed by atoms with Gasteiger partial charge in [-0.25, -0.2) is 9.37 Å². The second-order valence-electron chi connectivity index (χ2n) is 4.27. The summed E-state index contributed by atoms with van der Waals surface area (Å²) in [6.45, 7) is 0. The van der Waals surface area contributed by atoms with Crippen LogP contribution in [0.4, 0.5) is 16.0 Å². The molecule has 0 unspecified atom stereocenters. The van der Waals surface area contributed by atoms with Crippen molar-refractivity contribution in [3.8, 4) is 0 Å². The van der Waals surface area contributed by atoms with Crippen molar-refractivity contribution in [2.75, 3.05) is 5.32 Å². The van der Waals surface area contributed by atoms with Crippen LogP contribution in [0.5, 0.6) is 0 Å². The Morgan fingerprint density at radius 2 is 1.94 bits per heavy atom. The molecule has 3 nitrogen and oxygen atoms in total. The van der Waals surface area contributed by atoms with Gasteiger partial charge in [-0.15, -0.1) is 0 Å². The normalized spacial score (nSPS) is 14.8. The maximum absolute atomic E-state index is 13.3. The Kier molecular flexibility index (Phi) is 2.92. The zero-order valence-corrected chi connectivity index (χ0v) is 10.8. The summed E-state index contributed by atoms with van der Waals surface area (Å²) < 4.78 is 15.4. The molecule has 2 aromatic rings. The number of aromatic nitrogens is 2. The lowest BCUT2D eigenvalue weighted by Crippen LogP contribution is -2.01. The van der Waals surface area contributed by atoms with Gasteiger partial charge in [0.1, 0.15) is 0 Å². The Morgan fingerprint density at radius 1 is 1.28 bits per heavy atom. The summed E-state index contributed by atoms with van der Waals surface area (Å²) in [5, 5.41) is 3.09. The molecule has 0 saturated heterocycles. The van der Waals surface area contributed by atoms with Crippen molar-refractivity contribution < 1.29 is 4.39 Å². The topological polar surface area (TPSA) is 29.9 Å². The molecule has 1 aromatic heterocycles. The van der Waals surface area contributed by atoms with E-state index in [1.807, 2.05) is 6.20 Å². The van der Waals surface area contributed by atoms with Crippen molar-refractivity contribution >= 4 is 34.8 Å². The van der Waals surface area contributed by atoms with Crippen LogP contribution in [0.15, 0.2) is 24.5 Å². The highest BCUT2D eigenvalue weighted by molar-refractivity contribution is 6.35. The van der Waals surface area contributed by atoms with Gasteiger partial charge in [0.05, 0.1) is 10.0 Å². The molecule has 1 fully saturated rings. The quantitative estimate of drug-likeness (QED) is 0.847. The fraction of sp³-hybridized carbons (Fsp3) is 0.250. The van der Waals surface area contributed by atoms with Crippen LogP contribution < -0.4 is 5.32 Å². The molecule has 0 bridgehead atoms. The lowest BCUT2D eigenvalue weighted by molar-refractivity contribution is 0.629. The van der Waals surface area contributed by atoms with Gasteiger partial charge in [0.25, 0.3) is 0 Å². The van der Waals surface area contributed by atoms with Gasteiger partial charge >= 0.3 is 0 Å². The van der Waals surface area contributed by atoms with Crippen molar-refractivity contribution in [1.29, 1.82) is 0 Å². The Bertz CT molecular complexity index is 570. The maximum atomic E-state index is 13.3. The van der Waals surface area contributed by atoms with E-state index in [0.717, 1.165) is 18.8 Å². The van der Waals surface area contributed by atoms with Crippen LogP contribution in [-0.2, 0) is 0 Å². The molecule has 0 spiro atoms. The van der Waals surface area contributed by atoms with Gasteiger partial charge < -0.3 is 9.88 Å². The Hall–Kier alpha value is -1.26. The fourth-order valence-electron chi connectivity index (χ4n) is 1.81. The summed E-state index contributed by atoms with van der Waals surface area (Å²) in [4.78, 5) is 4.23. The summed E-state index contributed by atoms with van der Waals surface area (Å²) in [5.74, 6) is 0.116. The first-order chi connectivity index (χ1) is 8.65. The summed E-state index contributed by atoms with van der Waals surface area (Å²) in [6.07, 6.45) is 5.98. The first kappa shape index (κ1) is 11.8. The van der Waals surface area contributed by atoms with Gasteiger partial charge in [-0.1, -0.05) is 23.2 Å². The van der Waals surface area contributed by atoms with Crippen molar-refractivity contribution in [3.63, 3.8) is 0 Å². The van der Waals surface area contributed by atoms with E-state index in [1.54, 1.807) is 6.20 Å². The minimum Gasteiger partial charge on any atom is -0.326 e.